The minimum Gasteiger partial charge on any atom is -0.493 e. The minimum absolute atomic E-state index is 0.190. The normalized spacial score (nSPS) is 29.4. The summed E-state index contributed by atoms with van der Waals surface area (Å²) in [6.45, 7) is 2.03. The molecule has 3 heterocycles. The van der Waals surface area contributed by atoms with E-state index in [0.717, 1.165) is 15.4 Å². The number of fused-ring (bicyclic) bond motifs is 5. The zero-order valence-electron chi connectivity index (χ0n) is 18.6. The quantitative estimate of drug-likeness (QED) is 0.477. The van der Waals surface area contributed by atoms with E-state index in [2.05, 4.69) is 15.9 Å². The topological polar surface area (TPSA) is 79.6 Å². The molecule has 182 valence electrons. The second-order valence-electron chi connectivity index (χ2n) is 9.34. The van der Waals surface area contributed by atoms with Crippen molar-refractivity contribution in [2.45, 2.75) is 43.6 Å². The molecule has 10 heteroatoms. The predicted molar refractivity (Wildman–Crippen MR) is 121 cm³/mol. The van der Waals surface area contributed by atoms with Crippen molar-refractivity contribution in [1.82, 2.24) is 0 Å². The lowest BCUT2D eigenvalue weighted by atomic mass is 9.67. The summed E-state index contributed by atoms with van der Waals surface area (Å²) in [6.07, 6.45) is -3.35. The van der Waals surface area contributed by atoms with E-state index in [0.29, 0.717) is 31.1 Å². The fourth-order valence-electron chi connectivity index (χ4n) is 5.74. The van der Waals surface area contributed by atoms with Crippen LogP contribution in [-0.4, -0.2) is 29.6 Å². The summed E-state index contributed by atoms with van der Waals surface area (Å²) in [7, 11) is 0. The first-order valence-electron chi connectivity index (χ1n) is 11.1. The molecule has 3 aliphatic heterocycles. The van der Waals surface area contributed by atoms with Crippen LogP contribution in [0.1, 0.15) is 37.3 Å². The van der Waals surface area contributed by atoms with Gasteiger partial charge >= 0.3 is 6.18 Å². The Morgan fingerprint density at radius 1 is 1.14 bits per heavy atom. The lowest BCUT2D eigenvalue weighted by Gasteiger charge is -2.31. The number of anilines is 1. The van der Waals surface area contributed by atoms with Gasteiger partial charge in [-0.3, -0.25) is 9.59 Å². The van der Waals surface area contributed by atoms with Gasteiger partial charge in [0.25, 0.3) is 0 Å². The highest BCUT2D eigenvalue weighted by Crippen LogP contribution is 2.62. The van der Waals surface area contributed by atoms with Gasteiger partial charge < -0.3 is 9.47 Å². The van der Waals surface area contributed by atoms with Crippen LogP contribution in [0.4, 0.5) is 18.9 Å². The highest BCUT2D eigenvalue weighted by molar-refractivity contribution is 9.10. The lowest BCUT2D eigenvalue weighted by Crippen LogP contribution is -2.43. The predicted octanol–water partition coefficient (Wildman–Crippen LogP) is 5.24. The molecule has 6 nitrogen and oxygen atoms in total. The van der Waals surface area contributed by atoms with Crippen LogP contribution in [0.25, 0.3) is 0 Å². The van der Waals surface area contributed by atoms with Gasteiger partial charge in [0.05, 0.1) is 52.5 Å². The summed E-state index contributed by atoms with van der Waals surface area (Å²) >= 11 is 3.36. The SMILES string of the molecule is CC12CCC(CCOc3ccc(Br)cc3)(O1)C1C(=O)N(c3ccc(C#N)c(C(F)(F)F)c3)C(=O)C12. The minimum atomic E-state index is -4.80. The first-order chi connectivity index (χ1) is 16.5. The summed E-state index contributed by atoms with van der Waals surface area (Å²) in [4.78, 5) is 27.8. The average Bonchev–Trinajstić information content (AvgIpc) is 3.38. The molecule has 2 amide bonds. The fourth-order valence-corrected chi connectivity index (χ4v) is 6.00. The van der Waals surface area contributed by atoms with Crippen LogP contribution >= 0.6 is 15.9 Å². The van der Waals surface area contributed by atoms with Crippen LogP contribution in [0.3, 0.4) is 0 Å². The van der Waals surface area contributed by atoms with Crippen LogP contribution in [0.15, 0.2) is 46.9 Å². The molecular formula is C25H20BrF3N2O4. The maximum absolute atomic E-state index is 13.6. The largest absolute Gasteiger partial charge is 0.493 e. The summed E-state index contributed by atoms with van der Waals surface area (Å²) < 4.78 is 53.6. The number of rotatable bonds is 5. The standard InChI is InChI=1S/C25H20BrF3N2O4/c1-23-8-9-24(35-23,10-11-34-17-6-3-15(26)4-7-17)20-19(23)21(32)31(22(20)33)16-5-2-14(13-30)18(12-16)25(27,28)29/h2-7,12,19-20H,8-11H2,1H3. The van der Waals surface area contributed by atoms with Gasteiger partial charge in [-0.1, -0.05) is 15.9 Å². The van der Waals surface area contributed by atoms with Crippen LogP contribution in [0, 0.1) is 23.2 Å². The van der Waals surface area contributed by atoms with Crippen LogP contribution in [0.5, 0.6) is 5.75 Å². The third-order valence-electron chi connectivity index (χ3n) is 7.31. The summed E-state index contributed by atoms with van der Waals surface area (Å²) in [5.41, 5.74) is -3.76. The lowest BCUT2D eigenvalue weighted by molar-refractivity contribution is -0.138. The Bertz CT molecular complexity index is 1260. The monoisotopic (exact) mass is 548 g/mol. The molecule has 4 unspecified atom stereocenters. The number of ether oxygens (including phenoxy) is 2. The number of halogens is 4. The summed E-state index contributed by atoms with van der Waals surface area (Å²) in [5, 5.41) is 9.07. The van der Waals surface area contributed by atoms with E-state index in [9.17, 15) is 22.8 Å². The first kappa shape index (κ1) is 23.8. The Labute approximate surface area is 207 Å². The van der Waals surface area contributed by atoms with Crippen molar-refractivity contribution >= 4 is 33.4 Å². The van der Waals surface area contributed by atoms with E-state index in [-0.39, 0.29) is 12.3 Å². The van der Waals surface area contributed by atoms with Crippen molar-refractivity contribution in [2.75, 3.05) is 11.5 Å². The second kappa shape index (κ2) is 8.07. The number of nitrogens with zero attached hydrogens (tertiary/aromatic N) is 2. The van der Waals surface area contributed by atoms with Crippen LogP contribution in [-0.2, 0) is 20.5 Å². The molecule has 2 aromatic rings. The number of nitriles is 1. The van der Waals surface area contributed by atoms with Gasteiger partial charge in [-0.05, 0) is 62.2 Å². The molecule has 0 radical (unpaired) electrons. The van der Waals surface area contributed by atoms with Crippen molar-refractivity contribution in [1.29, 1.82) is 5.26 Å². The van der Waals surface area contributed by atoms with Crippen molar-refractivity contribution in [3.8, 4) is 11.8 Å². The molecule has 2 aromatic carbocycles. The Morgan fingerprint density at radius 3 is 2.49 bits per heavy atom. The van der Waals surface area contributed by atoms with Crippen molar-refractivity contribution < 1.29 is 32.2 Å². The zero-order valence-corrected chi connectivity index (χ0v) is 20.1. The molecule has 3 aliphatic rings. The maximum Gasteiger partial charge on any atom is 0.417 e. The van der Waals surface area contributed by atoms with Crippen LogP contribution < -0.4 is 9.64 Å². The molecule has 0 spiro atoms. The van der Waals surface area contributed by atoms with Crippen molar-refractivity contribution in [3.05, 3.63) is 58.1 Å². The van der Waals surface area contributed by atoms with E-state index in [1.54, 1.807) is 19.1 Å². The van der Waals surface area contributed by atoms with Crippen molar-refractivity contribution in [2.24, 2.45) is 11.8 Å². The van der Waals surface area contributed by atoms with Crippen LogP contribution in [0.2, 0.25) is 0 Å². The molecule has 3 saturated heterocycles. The van der Waals surface area contributed by atoms with E-state index in [1.807, 2.05) is 12.1 Å². The second-order valence-corrected chi connectivity index (χ2v) is 10.3. The Morgan fingerprint density at radius 2 is 1.83 bits per heavy atom. The third-order valence-corrected chi connectivity index (χ3v) is 7.84. The zero-order chi connectivity index (χ0) is 25.2. The Hall–Kier alpha value is -2.90. The van der Waals surface area contributed by atoms with Gasteiger partial charge in [-0.25, -0.2) is 4.90 Å². The summed E-state index contributed by atoms with van der Waals surface area (Å²) in [5.74, 6) is -2.11. The van der Waals surface area contributed by atoms with Gasteiger partial charge in [0.2, 0.25) is 11.8 Å². The molecule has 2 bridgehead atoms. The van der Waals surface area contributed by atoms with Crippen molar-refractivity contribution in [3.63, 3.8) is 0 Å². The smallest absolute Gasteiger partial charge is 0.417 e. The van der Waals surface area contributed by atoms with Gasteiger partial charge in [-0.15, -0.1) is 0 Å². The number of benzene rings is 2. The number of amides is 2. The van der Waals surface area contributed by atoms with Gasteiger partial charge in [0.1, 0.15) is 5.75 Å². The van der Waals surface area contributed by atoms with E-state index in [1.165, 1.54) is 12.1 Å². The Kier molecular flexibility index (Phi) is 5.49. The maximum atomic E-state index is 13.6. The first-order valence-corrected chi connectivity index (χ1v) is 11.9. The third kappa shape index (κ3) is 3.72. The molecule has 35 heavy (non-hydrogen) atoms. The molecule has 0 saturated carbocycles. The Balaban J connectivity index is 1.43. The molecule has 5 rings (SSSR count). The molecule has 3 fully saturated rings. The highest BCUT2D eigenvalue weighted by atomic mass is 79.9. The van der Waals surface area contributed by atoms with E-state index in [4.69, 9.17) is 14.7 Å². The molecule has 0 aliphatic carbocycles. The van der Waals surface area contributed by atoms with Gasteiger partial charge in [-0.2, -0.15) is 18.4 Å². The molecular weight excluding hydrogens is 529 g/mol. The number of hydrogen-bond acceptors (Lipinski definition) is 5. The number of carbonyl (C=O) groups is 2. The molecule has 0 aromatic heterocycles. The van der Waals surface area contributed by atoms with Gasteiger partial charge in [0, 0.05) is 10.9 Å². The fraction of sp³-hybridized carbons (Fsp3) is 0.400. The van der Waals surface area contributed by atoms with E-state index >= 15 is 0 Å². The van der Waals surface area contributed by atoms with E-state index < -0.39 is 52.2 Å². The number of imide groups is 1. The van der Waals surface area contributed by atoms with Gasteiger partial charge in [0.15, 0.2) is 0 Å². The summed E-state index contributed by atoms with van der Waals surface area (Å²) in [6, 6.07) is 11.7. The highest BCUT2D eigenvalue weighted by Gasteiger charge is 2.73. The number of carbonyl (C=O) groups excluding carboxylic acids is 2. The molecule has 0 N–H and O–H groups in total. The number of alkyl halides is 3. The molecule has 4 atom stereocenters. The average molecular weight is 549 g/mol. The number of hydrogen-bond donors (Lipinski definition) is 0.